The summed E-state index contributed by atoms with van der Waals surface area (Å²) in [5.41, 5.74) is 3.06. The lowest BCUT2D eigenvalue weighted by Crippen LogP contribution is -2.20. The fraction of sp³-hybridized carbons (Fsp3) is 0.389. The number of carbonyl (C=O) groups is 2. The van der Waals surface area contributed by atoms with Gasteiger partial charge in [-0.3, -0.25) is 10.1 Å². The van der Waals surface area contributed by atoms with Gasteiger partial charge in [-0.1, -0.05) is 11.3 Å². The number of fused-ring (bicyclic) bond motifs is 1. The molecule has 0 atom stereocenters. The lowest BCUT2D eigenvalue weighted by atomic mass is 10.2. The summed E-state index contributed by atoms with van der Waals surface area (Å²) in [6, 6.07) is 1.94. The fourth-order valence-electron chi connectivity index (χ4n) is 2.78. The Balaban J connectivity index is 1.69. The first-order valence-corrected chi connectivity index (χ1v) is 9.50. The summed E-state index contributed by atoms with van der Waals surface area (Å²) < 4.78 is 12.2. The standard InChI is InChI=1S/C18H21N5O4S/c1-6-26-17(25)14-11(4)20-18(28-14)21-12(24)8-27-16-13-9(2)7-10(3)19-15(13)23(5)22-16/h7H,6,8H2,1-5H3,(H,20,21,24). The molecule has 9 nitrogen and oxygen atoms in total. The second-order valence-corrected chi connectivity index (χ2v) is 7.20. The molecule has 0 bridgehead atoms. The highest BCUT2D eigenvalue weighted by atomic mass is 32.1. The van der Waals surface area contributed by atoms with E-state index in [1.165, 1.54) is 0 Å². The number of carbonyl (C=O) groups excluding carboxylic acids is 2. The number of hydrogen-bond donors (Lipinski definition) is 1. The number of nitrogens with one attached hydrogen (secondary N) is 1. The van der Waals surface area contributed by atoms with Crippen LogP contribution in [0.15, 0.2) is 6.07 Å². The highest BCUT2D eigenvalue weighted by Crippen LogP contribution is 2.27. The van der Waals surface area contributed by atoms with Crippen molar-refractivity contribution in [1.29, 1.82) is 0 Å². The molecule has 148 valence electrons. The lowest BCUT2D eigenvalue weighted by Gasteiger charge is -2.04. The summed E-state index contributed by atoms with van der Waals surface area (Å²) in [6.07, 6.45) is 0. The van der Waals surface area contributed by atoms with Crippen LogP contribution in [0.2, 0.25) is 0 Å². The molecule has 0 aliphatic carbocycles. The average molecular weight is 403 g/mol. The van der Waals surface area contributed by atoms with Crippen LogP contribution in [-0.4, -0.2) is 44.8 Å². The van der Waals surface area contributed by atoms with Crippen molar-refractivity contribution in [1.82, 2.24) is 19.7 Å². The molecule has 0 fully saturated rings. The van der Waals surface area contributed by atoms with E-state index in [1.807, 2.05) is 19.9 Å². The predicted octanol–water partition coefficient (Wildman–Crippen LogP) is 2.54. The molecule has 1 N–H and O–H groups in total. The first-order valence-electron chi connectivity index (χ1n) is 8.68. The molecule has 3 aromatic rings. The van der Waals surface area contributed by atoms with Crippen LogP contribution in [0.1, 0.15) is 33.5 Å². The Morgan fingerprint density at radius 1 is 1.25 bits per heavy atom. The zero-order chi connectivity index (χ0) is 20.4. The lowest BCUT2D eigenvalue weighted by molar-refractivity contribution is -0.118. The number of esters is 1. The molecule has 0 saturated carbocycles. The number of rotatable bonds is 6. The molecule has 0 aliphatic heterocycles. The Morgan fingerprint density at radius 3 is 2.71 bits per heavy atom. The maximum absolute atomic E-state index is 12.2. The van der Waals surface area contributed by atoms with Crippen molar-refractivity contribution in [2.45, 2.75) is 27.7 Å². The van der Waals surface area contributed by atoms with Gasteiger partial charge in [0.15, 0.2) is 17.4 Å². The van der Waals surface area contributed by atoms with Crippen LogP contribution in [0.4, 0.5) is 5.13 Å². The van der Waals surface area contributed by atoms with E-state index in [4.69, 9.17) is 9.47 Å². The van der Waals surface area contributed by atoms with Gasteiger partial charge in [-0.05, 0) is 39.3 Å². The minimum atomic E-state index is -0.451. The van der Waals surface area contributed by atoms with Crippen LogP contribution >= 0.6 is 11.3 Å². The minimum Gasteiger partial charge on any atom is -0.466 e. The van der Waals surface area contributed by atoms with E-state index in [1.54, 1.807) is 25.6 Å². The van der Waals surface area contributed by atoms with Gasteiger partial charge < -0.3 is 9.47 Å². The smallest absolute Gasteiger partial charge is 0.350 e. The minimum absolute atomic E-state index is 0.243. The molecule has 1 amide bonds. The molecule has 3 aromatic heterocycles. The Morgan fingerprint density at radius 2 is 2.00 bits per heavy atom. The van der Waals surface area contributed by atoms with Gasteiger partial charge in [-0.2, -0.15) is 0 Å². The van der Waals surface area contributed by atoms with Gasteiger partial charge in [0.25, 0.3) is 5.91 Å². The van der Waals surface area contributed by atoms with Crippen molar-refractivity contribution in [3.05, 3.63) is 27.9 Å². The van der Waals surface area contributed by atoms with E-state index in [9.17, 15) is 9.59 Å². The molecule has 10 heteroatoms. The second-order valence-electron chi connectivity index (χ2n) is 6.20. The first-order chi connectivity index (χ1) is 13.3. The number of anilines is 1. The molecule has 0 aliphatic rings. The number of ether oxygens (including phenoxy) is 2. The van der Waals surface area contributed by atoms with Crippen LogP contribution in [0, 0.1) is 20.8 Å². The maximum atomic E-state index is 12.2. The predicted molar refractivity (Wildman–Crippen MR) is 105 cm³/mol. The Kier molecular flexibility index (Phi) is 5.59. The Labute approximate surface area is 165 Å². The molecule has 28 heavy (non-hydrogen) atoms. The molecule has 0 radical (unpaired) electrons. The summed E-state index contributed by atoms with van der Waals surface area (Å²) in [5, 5.41) is 8.03. The zero-order valence-electron chi connectivity index (χ0n) is 16.3. The van der Waals surface area contributed by atoms with Gasteiger partial charge >= 0.3 is 5.97 Å². The Bertz CT molecular complexity index is 1060. The molecule has 0 aromatic carbocycles. The summed E-state index contributed by atoms with van der Waals surface area (Å²) in [5.74, 6) is -0.506. The van der Waals surface area contributed by atoms with Crippen LogP contribution in [0.3, 0.4) is 0 Å². The van der Waals surface area contributed by atoms with E-state index >= 15 is 0 Å². The van der Waals surface area contributed by atoms with Gasteiger partial charge in [0.05, 0.1) is 17.7 Å². The number of nitrogens with zero attached hydrogens (tertiary/aromatic N) is 4. The van der Waals surface area contributed by atoms with Crippen molar-refractivity contribution in [2.24, 2.45) is 7.05 Å². The van der Waals surface area contributed by atoms with Crippen molar-refractivity contribution >= 4 is 39.4 Å². The SMILES string of the molecule is CCOC(=O)c1sc(NC(=O)COc2nn(C)c3nc(C)cc(C)c23)nc1C. The van der Waals surface area contributed by atoms with Crippen molar-refractivity contribution in [3.8, 4) is 5.88 Å². The van der Waals surface area contributed by atoms with Crippen LogP contribution in [0.5, 0.6) is 5.88 Å². The van der Waals surface area contributed by atoms with Gasteiger partial charge in [0.2, 0.25) is 5.88 Å². The fourth-order valence-corrected chi connectivity index (χ4v) is 3.65. The number of hydrogen-bond acceptors (Lipinski definition) is 8. The zero-order valence-corrected chi connectivity index (χ0v) is 17.1. The maximum Gasteiger partial charge on any atom is 0.350 e. The van der Waals surface area contributed by atoms with E-state index < -0.39 is 11.9 Å². The molecule has 0 spiro atoms. The third kappa shape index (κ3) is 3.96. The highest BCUT2D eigenvalue weighted by molar-refractivity contribution is 7.17. The van der Waals surface area contributed by atoms with Crippen molar-refractivity contribution in [2.75, 3.05) is 18.5 Å². The monoisotopic (exact) mass is 403 g/mol. The summed E-state index contributed by atoms with van der Waals surface area (Å²) in [7, 11) is 1.77. The van der Waals surface area contributed by atoms with E-state index in [-0.39, 0.29) is 13.2 Å². The average Bonchev–Trinajstić information content (AvgIpc) is 3.13. The second kappa shape index (κ2) is 7.93. The van der Waals surface area contributed by atoms with Gasteiger partial charge in [-0.25, -0.2) is 19.4 Å². The molecule has 0 saturated heterocycles. The van der Waals surface area contributed by atoms with Crippen LogP contribution in [0.25, 0.3) is 11.0 Å². The van der Waals surface area contributed by atoms with Gasteiger partial charge in [0, 0.05) is 12.7 Å². The van der Waals surface area contributed by atoms with E-state index in [0.29, 0.717) is 27.2 Å². The van der Waals surface area contributed by atoms with Gasteiger partial charge in [0.1, 0.15) is 4.88 Å². The number of pyridine rings is 1. The summed E-state index contributed by atoms with van der Waals surface area (Å²) in [4.78, 5) is 33.1. The number of thiazole rings is 1. The quantitative estimate of drug-likeness (QED) is 0.630. The molecule has 3 rings (SSSR count). The number of aryl methyl sites for hydroxylation is 4. The summed E-state index contributed by atoms with van der Waals surface area (Å²) >= 11 is 1.07. The Hall–Kier alpha value is -3.01. The summed E-state index contributed by atoms with van der Waals surface area (Å²) in [6.45, 7) is 7.31. The van der Waals surface area contributed by atoms with Crippen molar-refractivity contribution < 1.29 is 19.1 Å². The normalized spacial score (nSPS) is 10.9. The molecule has 3 heterocycles. The van der Waals surface area contributed by atoms with E-state index in [0.717, 1.165) is 28.0 Å². The number of aromatic nitrogens is 4. The third-order valence-corrected chi connectivity index (χ3v) is 4.98. The highest BCUT2D eigenvalue weighted by Gasteiger charge is 2.19. The third-order valence-electron chi connectivity index (χ3n) is 3.93. The van der Waals surface area contributed by atoms with Crippen LogP contribution in [-0.2, 0) is 16.6 Å². The molecular formula is C18H21N5O4S. The first kappa shape index (κ1) is 19.7. The van der Waals surface area contributed by atoms with Crippen LogP contribution < -0.4 is 10.1 Å². The number of amides is 1. The molecule has 0 unspecified atom stereocenters. The van der Waals surface area contributed by atoms with Gasteiger partial charge in [-0.15, -0.1) is 5.10 Å². The van der Waals surface area contributed by atoms with E-state index in [2.05, 4.69) is 20.4 Å². The topological polar surface area (TPSA) is 108 Å². The largest absolute Gasteiger partial charge is 0.466 e. The molecular weight excluding hydrogens is 382 g/mol. The van der Waals surface area contributed by atoms with Crippen molar-refractivity contribution in [3.63, 3.8) is 0 Å².